The number of aryl methyl sites for hydroxylation is 1. The molecule has 7 heteroatoms. The van der Waals surface area contributed by atoms with Gasteiger partial charge < -0.3 is 15.2 Å². The Kier molecular flexibility index (Phi) is 3.20. The van der Waals surface area contributed by atoms with Crippen LogP contribution in [0.4, 0.5) is 5.95 Å². The second kappa shape index (κ2) is 5.00. The van der Waals surface area contributed by atoms with Gasteiger partial charge in [-0.1, -0.05) is 5.16 Å². The highest BCUT2D eigenvalue weighted by Gasteiger charge is 2.22. The molecule has 3 N–H and O–H groups in total. The van der Waals surface area contributed by atoms with E-state index in [0.717, 1.165) is 43.3 Å². The lowest BCUT2D eigenvalue weighted by Gasteiger charge is -2.31. The van der Waals surface area contributed by atoms with Crippen molar-refractivity contribution in [3.8, 4) is 11.4 Å². The number of hydrogen-bond acceptors (Lipinski definition) is 6. The summed E-state index contributed by atoms with van der Waals surface area (Å²) in [5, 5.41) is 11.0. The first-order valence-electron chi connectivity index (χ1n) is 6.57. The SMILES string of the molecule is Cc1oncc1-c1nc(N2CCCC(CN)C2)n[nH]1. The summed E-state index contributed by atoms with van der Waals surface area (Å²) in [5.41, 5.74) is 6.60. The summed E-state index contributed by atoms with van der Waals surface area (Å²) in [5.74, 6) is 2.70. The highest BCUT2D eigenvalue weighted by Crippen LogP contribution is 2.23. The van der Waals surface area contributed by atoms with E-state index in [1.54, 1.807) is 6.20 Å². The van der Waals surface area contributed by atoms with E-state index in [9.17, 15) is 0 Å². The van der Waals surface area contributed by atoms with Crippen molar-refractivity contribution in [2.45, 2.75) is 19.8 Å². The molecule has 2 aromatic heterocycles. The fourth-order valence-electron chi connectivity index (χ4n) is 2.48. The number of aromatic amines is 1. The van der Waals surface area contributed by atoms with Gasteiger partial charge in [0.1, 0.15) is 5.76 Å². The molecular weight excluding hydrogens is 244 g/mol. The topological polar surface area (TPSA) is 96.9 Å². The molecule has 0 aliphatic carbocycles. The first-order valence-corrected chi connectivity index (χ1v) is 6.57. The molecule has 102 valence electrons. The third kappa shape index (κ3) is 2.33. The van der Waals surface area contributed by atoms with Gasteiger partial charge in [0.25, 0.3) is 0 Å². The van der Waals surface area contributed by atoms with Crippen LogP contribution >= 0.6 is 0 Å². The van der Waals surface area contributed by atoms with Crippen molar-refractivity contribution >= 4 is 5.95 Å². The van der Waals surface area contributed by atoms with E-state index in [2.05, 4.69) is 25.2 Å². The van der Waals surface area contributed by atoms with Crippen LogP contribution in [0.15, 0.2) is 10.7 Å². The molecule has 1 saturated heterocycles. The molecule has 1 aliphatic rings. The number of nitrogens with one attached hydrogen (secondary N) is 1. The van der Waals surface area contributed by atoms with Gasteiger partial charge in [-0.2, -0.15) is 4.98 Å². The second-order valence-corrected chi connectivity index (χ2v) is 4.97. The number of H-pyrrole nitrogens is 1. The highest BCUT2D eigenvalue weighted by atomic mass is 16.5. The van der Waals surface area contributed by atoms with Gasteiger partial charge in [-0.05, 0) is 32.2 Å². The van der Waals surface area contributed by atoms with Gasteiger partial charge in [-0.15, -0.1) is 5.10 Å². The Balaban J connectivity index is 1.79. The Bertz CT molecular complexity index is 548. The predicted octanol–water partition coefficient (Wildman–Crippen LogP) is 0.943. The van der Waals surface area contributed by atoms with Crippen LogP contribution in [-0.2, 0) is 0 Å². The number of nitrogens with two attached hydrogens (primary N) is 1. The summed E-state index contributed by atoms with van der Waals surface area (Å²) in [7, 11) is 0. The Hall–Kier alpha value is -1.89. The lowest BCUT2D eigenvalue weighted by Crippen LogP contribution is -2.38. The fraction of sp³-hybridized carbons (Fsp3) is 0.583. The molecule has 0 spiro atoms. The van der Waals surface area contributed by atoms with Crippen LogP contribution in [0.5, 0.6) is 0 Å². The first kappa shape index (κ1) is 12.2. The molecule has 0 bridgehead atoms. The van der Waals surface area contributed by atoms with Crippen LogP contribution in [0, 0.1) is 12.8 Å². The van der Waals surface area contributed by atoms with Gasteiger partial charge in [0.15, 0.2) is 5.82 Å². The van der Waals surface area contributed by atoms with E-state index in [4.69, 9.17) is 10.3 Å². The summed E-state index contributed by atoms with van der Waals surface area (Å²) in [4.78, 5) is 6.71. The monoisotopic (exact) mass is 262 g/mol. The van der Waals surface area contributed by atoms with Gasteiger partial charge >= 0.3 is 0 Å². The molecule has 7 nitrogen and oxygen atoms in total. The third-order valence-electron chi connectivity index (χ3n) is 3.61. The van der Waals surface area contributed by atoms with E-state index < -0.39 is 0 Å². The molecule has 0 aromatic carbocycles. The van der Waals surface area contributed by atoms with Crippen LogP contribution in [-0.4, -0.2) is 40.0 Å². The van der Waals surface area contributed by atoms with Crippen LogP contribution in [0.3, 0.4) is 0 Å². The molecule has 0 amide bonds. The minimum atomic E-state index is 0.535. The number of aromatic nitrogens is 4. The molecule has 1 atom stereocenters. The molecule has 3 rings (SSSR count). The van der Waals surface area contributed by atoms with Crippen LogP contribution in [0.1, 0.15) is 18.6 Å². The molecule has 3 heterocycles. The Morgan fingerprint density at radius 3 is 3.21 bits per heavy atom. The summed E-state index contributed by atoms with van der Waals surface area (Å²) in [6, 6.07) is 0. The second-order valence-electron chi connectivity index (χ2n) is 4.97. The van der Waals surface area contributed by atoms with Crippen molar-refractivity contribution in [2.24, 2.45) is 11.7 Å². The average molecular weight is 262 g/mol. The summed E-state index contributed by atoms with van der Waals surface area (Å²) >= 11 is 0. The predicted molar refractivity (Wildman–Crippen MR) is 70.6 cm³/mol. The molecule has 1 unspecified atom stereocenters. The maximum Gasteiger partial charge on any atom is 0.245 e. The summed E-state index contributed by atoms with van der Waals surface area (Å²) in [6.07, 6.45) is 3.98. The highest BCUT2D eigenvalue weighted by molar-refractivity contribution is 5.57. The molecule has 2 aromatic rings. The minimum Gasteiger partial charge on any atom is -0.361 e. The van der Waals surface area contributed by atoms with Gasteiger partial charge in [-0.25, -0.2) is 0 Å². The largest absolute Gasteiger partial charge is 0.361 e. The number of anilines is 1. The zero-order valence-corrected chi connectivity index (χ0v) is 11.0. The van der Waals surface area contributed by atoms with Gasteiger partial charge in [-0.3, -0.25) is 5.10 Å². The molecule has 0 saturated carbocycles. The van der Waals surface area contributed by atoms with E-state index in [-0.39, 0.29) is 0 Å². The third-order valence-corrected chi connectivity index (χ3v) is 3.61. The van der Waals surface area contributed by atoms with E-state index >= 15 is 0 Å². The average Bonchev–Trinajstić information content (AvgIpc) is 3.07. The Labute approximate surface area is 111 Å². The zero-order valence-electron chi connectivity index (χ0n) is 11.0. The van der Waals surface area contributed by atoms with Crippen molar-refractivity contribution in [1.82, 2.24) is 20.3 Å². The van der Waals surface area contributed by atoms with Gasteiger partial charge in [0.2, 0.25) is 5.95 Å². The van der Waals surface area contributed by atoms with Crippen LogP contribution < -0.4 is 10.6 Å². The van der Waals surface area contributed by atoms with Crippen molar-refractivity contribution < 1.29 is 4.52 Å². The Morgan fingerprint density at radius 1 is 1.58 bits per heavy atom. The van der Waals surface area contributed by atoms with Crippen LogP contribution in [0.25, 0.3) is 11.4 Å². The van der Waals surface area contributed by atoms with Gasteiger partial charge in [0.05, 0.1) is 11.8 Å². The molecule has 0 radical (unpaired) electrons. The number of piperidine rings is 1. The lowest BCUT2D eigenvalue weighted by molar-refractivity contribution is 0.398. The standard InChI is InChI=1S/C12H18N6O/c1-8-10(6-14-19-8)11-15-12(17-16-11)18-4-2-3-9(5-13)7-18/h6,9H,2-5,7,13H2,1H3,(H,15,16,17). The summed E-state index contributed by atoms with van der Waals surface area (Å²) in [6.45, 7) is 4.49. The summed E-state index contributed by atoms with van der Waals surface area (Å²) < 4.78 is 5.04. The van der Waals surface area contributed by atoms with Crippen molar-refractivity contribution in [2.75, 3.05) is 24.5 Å². The van der Waals surface area contributed by atoms with Crippen LogP contribution in [0.2, 0.25) is 0 Å². The van der Waals surface area contributed by atoms with E-state index in [0.29, 0.717) is 11.7 Å². The molecular formula is C12H18N6O. The zero-order chi connectivity index (χ0) is 13.2. The normalized spacial score (nSPS) is 19.9. The molecule has 1 fully saturated rings. The van der Waals surface area contributed by atoms with Gasteiger partial charge in [0, 0.05) is 13.1 Å². The number of nitrogens with zero attached hydrogens (tertiary/aromatic N) is 4. The fourth-order valence-corrected chi connectivity index (χ4v) is 2.48. The lowest BCUT2D eigenvalue weighted by atomic mass is 9.99. The van der Waals surface area contributed by atoms with E-state index in [1.165, 1.54) is 6.42 Å². The molecule has 19 heavy (non-hydrogen) atoms. The quantitative estimate of drug-likeness (QED) is 0.854. The first-order chi connectivity index (χ1) is 9.28. The maximum absolute atomic E-state index is 5.75. The number of rotatable bonds is 3. The maximum atomic E-state index is 5.75. The smallest absolute Gasteiger partial charge is 0.245 e. The minimum absolute atomic E-state index is 0.535. The Morgan fingerprint density at radius 2 is 2.47 bits per heavy atom. The van der Waals surface area contributed by atoms with Crippen molar-refractivity contribution in [3.05, 3.63) is 12.0 Å². The molecule has 1 aliphatic heterocycles. The van der Waals surface area contributed by atoms with E-state index in [1.807, 2.05) is 6.92 Å². The van der Waals surface area contributed by atoms with Crippen molar-refractivity contribution in [1.29, 1.82) is 0 Å². The van der Waals surface area contributed by atoms with Crippen molar-refractivity contribution in [3.63, 3.8) is 0 Å². The number of hydrogen-bond donors (Lipinski definition) is 2.